The molecule has 0 fully saturated rings. The Hall–Kier alpha value is -4.05. The summed E-state index contributed by atoms with van der Waals surface area (Å²) in [4.78, 5) is 28.4. The number of anilines is 1. The molecule has 0 heterocycles. The number of rotatable bonds is 13. The van der Waals surface area contributed by atoms with Crippen LogP contribution in [0.4, 0.5) is 5.69 Å². The van der Waals surface area contributed by atoms with Gasteiger partial charge in [-0.3, -0.25) is 13.9 Å². The van der Waals surface area contributed by atoms with Crippen molar-refractivity contribution in [2.45, 2.75) is 50.7 Å². The van der Waals surface area contributed by atoms with Crippen molar-refractivity contribution in [3.05, 3.63) is 84.4 Å². The summed E-state index contributed by atoms with van der Waals surface area (Å²) in [5, 5.41) is 2.92. The lowest BCUT2D eigenvalue weighted by Gasteiger charge is -2.32. The highest BCUT2D eigenvalue weighted by atomic mass is 32.2. The normalized spacial score (nSPS) is 12.6. The summed E-state index contributed by atoms with van der Waals surface area (Å²) in [6.07, 6.45) is 0.733. The molecule has 0 bridgehead atoms. The fourth-order valence-electron chi connectivity index (χ4n) is 4.06. The van der Waals surface area contributed by atoms with Gasteiger partial charge in [0.15, 0.2) is 11.5 Å². The molecule has 0 aliphatic carbocycles. The molecular formula is C30H37N3O6S. The van der Waals surface area contributed by atoms with Crippen molar-refractivity contribution < 1.29 is 27.5 Å². The Morgan fingerprint density at radius 1 is 0.875 bits per heavy atom. The van der Waals surface area contributed by atoms with Crippen molar-refractivity contribution >= 4 is 27.5 Å². The minimum atomic E-state index is -4.23. The molecule has 214 valence electrons. The van der Waals surface area contributed by atoms with Crippen molar-refractivity contribution in [1.29, 1.82) is 0 Å². The molecule has 3 rings (SSSR count). The summed E-state index contributed by atoms with van der Waals surface area (Å²) in [5.41, 5.74) is 1.12. The number of ether oxygens (including phenoxy) is 2. The maximum absolute atomic E-state index is 14.0. The molecule has 40 heavy (non-hydrogen) atoms. The fourth-order valence-corrected chi connectivity index (χ4v) is 5.49. The van der Waals surface area contributed by atoms with Crippen LogP contribution in [-0.2, 0) is 26.2 Å². The number of benzene rings is 3. The fraction of sp³-hybridized carbons (Fsp3) is 0.333. The number of methoxy groups -OCH3 is 2. The van der Waals surface area contributed by atoms with E-state index in [9.17, 15) is 18.0 Å². The number of nitrogens with zero attached hydrogens (tertiary/aromatic N) is 2. The van der Waals surface area contributed by atoms with Gasteiger partial charge in [0.25, 0.3) is 10.0 Å². The summed E-state index contributed by atoms with van der Waals surface area (Å²) in [6, 6.07) is 21.0. The monoisotopic (exact) mass is 567 g/mol. The Balaban J connectivity index is 2.02. The van der Waals surface area contributed by atoms with Crippen molar-refractivity contribution in [3.8, 4) is 11.5 Å². The molecular weight excluding hydrogens is 530 g/mol. The molecule has 0 saturated carbocycles. The lowest BCUT2D eigenvalue weighted by atomic mass is 10.1. The molecule has 1 N–H and O–H groups in total. The molecule has 3 aromatic rings. The average molecular weight is 568 g/mol. The maximum Gasteiger partial charge on any atom is 0.264 e. The molecule has 0 aromatic heterocycles. The Kier molecular flexibility index (Phi) is 10.6. The average Bonchev–Trinajstić information content (AvgIpc) is 2.98. The van der Waals surface area contributed by atoms with Gasteiger partial charge in [-0.15, -0.1) is 0 Å². The van der Waals surface area contributed by atoms with Crippen LogP contribution in [0.15, 0.2) is 83.8 Å². The number of para-hydroxylation sites is 1. The smallest absolute Gasteiger partial charge is 0.264 e. The van der Waals surface area contributed by atoms with Crippen LogP contribution in [0.2, 0.25) is 0 Å². The number of carbonyl (C=O) groups is 2. The molecule has 0 radical (unpaired) electrons. The summed E-state index contributed by atoms with van der Waals surface area (Å²) >= 11 is 0. The molecule has 2 atom stereocenters. The second kappa shape index (κ2) is 13.8. The summed E-state index contributed by atoms with van der Waals surface area (Å²) < 4.78 is 39.6. The summed E-state index contributed by atoms with van der Waals surface area (Å²) in [7, 11) is -1.36. The zero-order valence-electron chi connectivity index (χ0n) is 23.5. The van der Waals surface area contributed by atoms with Crippen LogP contribution in [0.5, 0.6) is 11.5 Å². The van der Waals surface area contributed by atoms with E-state index in [1.54, 1.807) is 37.3 Å². The van der Waals surface area contributed by atoms with Crippen molar-refractivity contribution in [1.82, 2.24) is 10.2 Å². The Morgan fingerprint density at radius 3 is 2.05 bits per heavy atom. The third kappa shape index (κ3) is 7.32. The standard InChI is InChI=1S/C30H37N3O6S/c1-6-22(2)31-30(35)23(3)32(20-24-13-9-7-10-14-24)29(34)21-33(25-15-11-8-12-16-25)40(36,37)26-17-18-27(38-4)28(19-26)39-5/h7-19,22-23H,6,20-21H2,1-5H3,(H,31,35)/t22-,23-/m0/s1. The van der Waals surface area contributed by atoms with Gasteiger partial charge < -0.3 is 19.7 Å². The van der Waals surface area contributed by atoms with Gasteiger partial charge in [-0.25, -0.2) is 8.42 Å². The van der Waals surface area contributed by atoms with E-state index in [2.05, 4.69) is 5.32 Å². The van der Waals surface area contributed by atoms with Crippen LogP contribution < -0.4 is 19.1 Å². The van der Waals surface area contributed by atoms with Crippen molar-refractivity contribution in [2.24, 2.45) is 0 Å². The third-order valence-electron chi connectivity index (χ3n) is 6.63. The van der Waals surface area contributed by atoms with E-state index >= 15 is 0 Å². The highest BCUT2D eigenvalue weighted by Crippen LogP contribution is 2.32. The SMILES string of the molecule is CC[C@H](C)NC(=O)[C@H](C)N(Cc1ccccc1)C(=O)CN(c1ccccc1)S(=O)(=O)c1ccc(OC)c(OC)c1. The molecule has 3 aromatic carbocycles. The molecule has 0 unspecified atom stereocenters. The minimum absolute atomic E-state index is 0.0704. The first-order valence-corrected chi connectivity index (χ1v) is 14.5. The number of hydrogen-bond acceptors (Lipinski definition) is 6. The van der Waals surface area contributed by atoms with E-state index in [1.807, 2.05) is 44.2 Å². The third-order valence-corrected chi connectivity index (χ3v) is 8.40. The van der Waals surface area contributed by atoms with Crippen molar-refractivity contribution in [3.63, 3.8) is 0 Å². The predicted molar refractivity (Wildman–Crippen MR) is 155 cm³/mol. The van der Waals surface area contributed by atoms with Gasteiger partial charge in [0.1, 0.15) is 12.6 Å². The quantitative estimate of drug-likeness (QED) is 0.332. The van der Waals surface area contributed by atoms with Crippen LogP contribution >= 0.6 is 0 Å². The highest BCUT2D eigenvalue weighted by molar-refractivity contribution is 7.92. The molecule has 10 heteroatoms. The number of nitrogens with one attached hydrogen (secondary N) is 1. The Bertz CT molecular complexity index is 1380. The Labute approximate surface area is 236 Å². The van der Waals surface area contributed by atoms with Gasteiger partial charge in [-0.05, 0) is 50.1 Å². The topological polar surface area (TPSA) is 105 Å². The second-order valence-electron chi connectivity index (χ2n) is 9.37. The van der Waals surface area contributed by atoms with Crippen LogP contribution in [0, 0.1) is 0 Å². The maximum atomic E-state index is 14.0. The number of carbonyl (C=O) groups excluding carboxylic acids is 2. The summed E-state index contributed by atoms with van der Waals surface area (Å²) in [6.45, 7) is 5.11. The van der Waals surface area contributed by atoms with Crippen LogP contribution in [0.3, 0.4) is 0 Å². The highest BCUT2D eigenvalue weighted by Gasteiger charge is 2.33. The molecule has 9 nitrogen and oxygen atoms in total. The Morgan fingerprint density at radius 2 is 1.48 bits per heavy atom. The molecule has 2 amide bonds. The summed E-state index contributed by atoms with van der Waals surface area (Å²) in [5.74, 6) is -0.223. The zero-order chi connectivity index (χ0) is 29.3. The number of amides is 2. The zero-order valence-corrected chi connectivity index (χ0v) is 24.4. The second-order valence-corrected chi connectivity index (χ2v) is 11.2. The van der Waals surface area contributed by atoms with E-state index < -0.39 is 28.5 Å². The predicted octanol–water partition coefficient (Wildman–Crippen LogP) is 4.23. The first-order chi connectivity index (χ1) is 19.1. The van der Waals surface area contributed by atoms with Gasteiger partial charge in [0.2, 0.25) is 11.8 Å². The molecule has 0 aliphatic rings. The van der Waals surface area contributed by atoms with Gasteiger partial charge in [0, 0.05) is 18.7 Å². The van der Waals surface area contributed by atoms with Crippen LogP contribution in [0.1, 0.15) is 32.8 Å². The van der Waals surface area contributed by atoms with Gasteiger partial charge in [-0.2, -0.15) is 0 Å². The molecule has 0 aliphatic heterocycles. The van der Waals surface area contributed by atoms with Crippen LogP contribution in [-0.4, -0.2) is 58.0 Å². The van der Waals surface area contributed by atoms with E-state index in [0.29, 0.717) is 11.4 Å². The first-order valence-electron chi connectivity index (χ1n) is 13.1. The van der Waals surface area contributed by atoms with Gasteiger partial charge >= 0.3 is 0 Å². The number of sulfonamides is 1. The van der Waals surface area contributed by atoms with E-state index in [-0.39, 0.29) is 29.1 Å². The van der Waals surface area contributed by atoms with E-state index in [0.717, 1.165) is 16.3 Å². The first kappa shape index (κ1) is 30.5. The lowest BCUT2D eigenvalue weighted by molar-refractivity contribution is -0.139. The van der Waals surface area contributed by atoms with Crippen molar-refractivity contribution in [2.75, 3.05) is 25.1 Å². The minimum Gasteiger partial charge on any atom is -0.493 e. The lowest BCUT2D eigenvalue weighted by Crippen LogP contribution is -2.52. The van der Waals surface area contributed by atoms with Gasteiger partial charge in [-0.1, -0.05) is 55.5 Å². The molecule has 0 spiro atoms. The molecule has 0 saturated heterocycles. The van der Waals surface area contributed by atoms with E-state index in [4.69, 9.17) is 9.47 Å². The number of hydrogen-bond donors (Lipinski definition) is 1. The van der Waals surface area contributed by atoms with Crippen LogP contribution in [0.25, 0.3) is 0 Å². The largest absolute Gasteiger partial charge is 0.493 e. The van der Waals surface area contributed by atoms with E-state index in [1.165, 1.54) is 37.3 Å². The van der Waals surface area contributed by atoms with Gasteiger partial charge in [0.05, 0.1) is 24.8 Å².